The topological polar surface area (TPSA) is 175 Å². The van der Waals surface area contributed by atoms with Crippen LogP contribution in [0.25, 0.3) is 0 Å². The van der Waals surface area contributed by atoms with Gasteiger partial charge >= 0.3 is 5.97 Å². The summed E-state index contributed by atoms with van der Waals surface area (Å²) >= 11 is 3.84. The van der Waals surface area contributed by atoms with Crippen molar-refractivity contribution in [1.82, 2.24) is 35.4 Å². The molecule has 0 aromatic carbocycles. The van der Waals surface area contributed by atoms with E-state index in [0.29, 0.717) is 27.4 Å². The summed E-state index contributed by atoms with van der Waals surface area (Å²) in [4.78, 5) is 42.4. The monoisotopic (exact) mass is 498 g/mol. The first kappa shape index (κ1) is 22.5. The number of aliphatic hydroxyl groups is 1. The predicted molar refractivity (Wildman–Crippen MR) is 116 cm³/mol. The highest BCUT2D eigenvalue weighted by molar-refractivity contribution is 8.01. The largest absolute Gasteiger partial charge is 0.477 e. The van der Waals surface area contributed by atoms with E-state index >= 15 is 0 Å². The zero-order valence-electron chi connectivity index (χ0n) is 16.8. The summed E-state index contributed by atoms with van der Waals surface area (Å²) in [5, 5.41) is 38.5. The van der Waals surface area contributed by atoms with E-state index in [1.807, 2.05) is 0 Å². The number of nitrogens with one attached hydrogen (secondary N) is 2. The number of aliphatic carboxylic acids is 1. The fraction of sp³-hybridized carbons (Fsp3) is 0.438. The molecule has 13 nitrogen and oxygen atoms in total. The molecule has 2 unspecified atom stereocenters. The lowest BCUT2D eigenvalue weighted by Gasteiger charge is -2.49. The van der Waals surface area contributed by atoms with E-state index in [0.717, 1.165) is 0 Å². The minimum Gasteiger partial charge on any atom is -0.477 e. The van der Waals surface area contributed by atoms with Crippen molar-refractivity contribution >= 4 is 57.8 Å². The number of hydrogen-bond acceptors (Lipinski definition) is 12. The quantitative estimate of drug-likeness (QED) is 0.266. The van der Waals surface area contributed by atoms with Crippen molar-refractivity contribution in [3.8, 4) is 0 Å². The number of carboxylic acids is 1. The zero-order valence-corrected chi connectivity index (χ0v) is 19.2. The van der Waals surface area contributed by atoms with Gasteiger partial charge in [-0.25, -0.2) is 14.5 Å². The number of aromatic nitrogens is 5. The summed E-state index contributed by atoms with van der Waals surface area (Å²) in [6.45, 7) is 0. The smallest absolute Gasteiger partial charge is 0.352 e. The molecule has 1 fully saturated rings. The highest BCUT2D eigenvalue weighted by Crippen LogP contribution is 2.41. The summed E-state index contributed by atoms with van der Waals surface area (Å²) in [7, 11) is 3.34. The molecule has 2 aliphatic rings. The molecule has 0 saturated carbocycles. The van der Waals surface area contributed by atoms with E-state index < -0.39 is 35.3 Å². The summed E-state index contributed by atoms with van der Waals surface area (Å²) in [5.41, 5.74) is 0.637. The highest BCUT2D eigenvalue weighted by Gasteiger charge is 2.54. The molecule has 170 valence electrons. The standard InChI is InChI=1S/C16H18N8O5S3/c1-17-15-18-7(5-31-15)10(25)11(26)19-8-12(27)24-9(14(28)29)6(3-30-13(8)24)4-32-16-20-21-22-23(16)2/h5,8,10,13,25H,3-4H2,1-2H3,(H,17,18)(H,19,26)(H,28,29)/t8?,10?,13-/m0/s1. The number of thiazole rings is 1. The Labute approximate surface area is 193 Å². The van der Waals surface area contributed by atoms with Crippen molar-refractivity contribution in [1.29, 1.82) is 0 Å². The lowest BCUT2D eigenvalue weighted by atomic mass is 10.0. The molecule has 2 amide bonds. The molecule has 2 aromatic heterocycles. The van der Waals surface area contributed by atoms with E-state index in [2.05, 4.69) is 31.1 Å². The van der Waals surface area contributed by atoms with Gasteiger partial charge < -0.3 is 20.8 Å². The summed E-state index contributed by atoms with van der Waals surface area (Å²) < 4.78 is 1.47. The number of carboxylic acid groups (broad SMARTS) is 1. The van der Waals surface area contributed by atoms with Crippen molar-refractivity contribution in [3.63, 3.8) is 0 Å². The Morgan fingerprint density at radius 3 is 2.84 bits per heavy atom. The molecule has 32 heavy (non-hydrogen) atoms. The van der Waals surface area contributed by atoms with Crippen molar-refractivity contribution < 1.29 is 24.6 Å². The van der Waals surface area contributed by atoms with Crippen molar-refractivity contribution in [2.24, 2.45) is 7.05 Å². The molecule has 0 aliphatic carbocycles. The number of amides is 2. The van der Waals surface area contributed by atoms with E-state index in [1.165, 1.54) is 44.4 Å². The predicted octanol–water partition coefficient (Wildman–Crippen LogP) is -0.727. The third-order valence-electron chi connectivity index (χ3n) is 4.77. The minimum atomic E-state index is -1.54. The van der Waals surface area contributed by atoms with Crippen LogP contribution in [0.3, 0.4) is 0 Å². The van der Waals surface area contributed by atoms with Crippen LogP contribution in [0, 0.1) is 0 Å². The highest BCUT2D eigenvalue weighted by atomic mass is 32.2. The molecule has 0 bridgehead atoms. The average Bonchev–Trinajstić information content (AvgIpc) is 3.43. The number of carbonyl (C=O) groups is 3. The fourth-order valence-corrected chi connectivity index (χ4v) is 6.21. The number of aryl methyl sites for hydroxylation is 1. The lowest BCUT2D eigenvalue weighted by molar-refractivity contribution is -0.151. The third kappa shape index (κ3) is 4.05. The number of fused-ring (bicyclic) bond motifs is 1. The Morgan fingerprint density at radius 1 is 1.44 bits per heavy atom. The molecular formula is C16H18N8O5S3. The van der Waals surface area contributed by atoms with E-state index in [9.17, 15) is 24.6 Å². The van der Waals surface area contributed by atoms with Crippen LogP contribution in [0.5, 0.6) is 0 Å². The Bertz CT molecular complexity index is 1100. The van der Waals surface area contributed by atoms with Crippen LogP contribution in [-0.4, -0.2) is 88.1 Å². The van der Waals surface area contributed by atoms with Gasteiger partial charge in [0.25, 0.3) is 11.8 Å². The Morgan fingerprint density at radius 2 is 2.22 bits per heavy atom. The van der Waals surface area contributed by atoms with Crippen molar-refractivity contribution in [3.05, 3.63) is 22.3 Å². The number of carbonyl (C=O) groups excluding carboxylic acids is 2. The molecule has 2 aromatic rings. The van der Waals surface area contributed by atoms with Crippen molar-refractivity contribution in [2.45, 2.75) is 22.7 Å². The van der Waals surface area contributed by atoms with E-state index in [4.69, 9.17) is 0 Å². The zero-order chi connectivity index (χ0) is 23.0. The second-order valence-corrected chi connectivity index (χ2v) is 9.66. The Hall–Kier alpha value is -2.69. The van der Waals surface area contributed by atoms with Crippen LogP contribution in [0.4, 0.5) is 5.13 Å². The molecule has 0 radical (unpaired) electrons. The SMILES string of the molecule is CNc1nc(C(O)C(=O)NC2C(=O)N3C(C(=O)O)=C(CSc4nnnn4C)CS[C@@H]23)cs1. The molecule has 1 saturated heterocycles. The molecule has 4 rings (SSSR count). The lowest BCUT2D eigenvalue weighted by Crippen LogP contribution is -2.70. The number of aliphatic hydroxyl groups excluding tert-OH is 1. The normalized spacial score (nSPS) is 21.1. The Balaban J connectivity index is 1.45. The second-order valence-electron chi connectivity index (χ2n) is 6.76. The number of nitrogens with zero attached hydrogens (tertiary/aromatic N) is 6. The van der Waals surface area contributed by atoms with Crippen LogP contribution in [0.1, 0.15) is 11.8 Å². The van der Waals surface area contributed by atoms with Gasteiger partial charge in [-0.1, -0.05) is 11.8 Å². The van der Waals surface area contributed by atoms with Crippen LogP contribution in [-0.2, 0) is 21.4 Å². The molecule has 4 N–H and O–H groups in total. The van der Waals surface area contributed by atoms with Crippen LogP contribution in [0.2, 0.25) is 0 Å². The van der Waals surface area contributed by atoms with Gasteiger partial charge in [0.1, 0.15) is 17.1 Å². The first-order valence-corrected chi connectivity index (χ1v) is 12.1. The van der Waals surface area contributed by atoms with Crippen LogP contribution < -0.4 is 10.6 Å². The average molecular weight is 499 g/mol. The molecule has 16 heteroatoms. The summed E-state index contributed by atoms with van der Waals surface area (Å²) in [6, 6.07) is -0.934. The molecule has 0 spiro atoms. The van der Waals surface area contributed by atoms with Gasteiger partial charge in [0.05, 0.1) is 5.69 Å². The van der Waals surface area contributed by atoms with Crippen molar-refractivity contribution in [2.75, 3.05) is 23.9 Å². The Kier molecular flexibility index (Phi) is 6.36. The van der Waals surface area contributed by atoms with Gasteiger partial charge in [-0.05, 0) is 16.0 Å². The van der Waals surface area contributed by atoms with Crippen LogP contribution in [0.15, 0.2) is 21.8 Å². The number of tetrazole rings is 1. The summed E-state index contributed by atoms with van der Waals surface area (Å²) in [5.74, 6) is -1.87. The maximum atomic E-state index is 12.7. The van der Waals surface area contributed by atoms with Gasteiger partial charge in [0.2, 0.25) is 5.16 Å². The maximum Gasteiger partial charge on any atom is 0.352 e. The molecular weight excluding hydrogens is 480 g/mol. The van der Waals surface area contributed by atoms with Gasteiger partial charge in [-0.3, -0.25) is 14.5 Å². The fourth-order valence-electron chi connectivity index (χ4n) is 3.18. The summed E-state index contributed by atoms with van der Waals surface area (Å²) in [6.07, 6.45) is -1.54. The minimum absolute atomic E-state index is 0.0920. The molecule has 4 heterocycles. The molecule has 3 atom stereocenters. The van der Waals surface area contributed by atoms with Crippen LogP contribution >= 0.6 is 34.9 Å². The maximum absolute atomic E-state index is 12.7. The number of β-lactam (4-membered cyclic amide) rings is 1. The van der Waals surface area contributed by atoms with Gasteiger partial charge in [-0.15, -0.1) is 28.2 Å². The van der Waals surface area contributed by atoms with E-state index in [1.54, 1.807) is 19.5 Å². The molecule has 2 aliphatic heterocycles. The second kappa shape index (κ2) is 9.05. The van der Waals surface area contributed by atoms with E-state index in [-0.39, 0.29) is 11.4 Å². The number of hydrogen-bond donors (Lipinski definition) is 4. The van der Waals surface area contributed by atoms with Gasteiger partial charge in [-0.2, -0.15) is 0 Å². The first-order chi connectivity index (χ1) is 15.3. The van der Waals surface area contributed by atoms with Gasteiger partial charge in [0, 0.05) is 31.0 Å². The third-order valence-corrected chi connectivity index (χ3v) is 8.08. The number of anilines is 1. The first-order valence-electron chi connectivity index (χ1n) is 9.18. The number of rotatable bonds is 8. The van der Waals surface area contributed by atoms with Gasteiger partial charge in [0.15, 0.2) is 11.2 Å². The number of thioether (sulfide) groups is 2.